The van der Waals surface area contributed by atoms with Gasteiger partial charge in [-0.15, -0.1) is 0 Å². The smallest absolute Gasteiger partial charge is 0.159 e. The van der Waals surface area contributed by atoms with Gasteiger partial charge < -0.3 is 4.74 Å². The van der Waals surface area contributed by atoms with E-state index in [0.717, 1.165) is 29.1 Å². The third kappa shape index (κ3) is 4.08. The van der Waals surface area contributed by atoms with Crippen LogP contribution in [0.25, 0.3) is 0 Å². The Hall–Kier alpha value is -0.960. The minimum Gasteiger partial charge on any atom is -0.496 e. The van der Waals surface area contributed by atoms with E-state index in [1.807, 2.05) is 30.0 Å². The van der Waals surface area contributed by atoms with Crippen LogP contribution in [0.4, 0.5) is 0 Å². The number of Topliss-reactive ketones (excluding diaryl/α,β-unsaturated/α-hetero) is 1. The zero-order valence-corrected chi connectivity index (χ0v) is 11.8. The molecule has 1 aromatic carbocycles. The van der Waals surface area contributed by atoms with Crippen molar-refractivity contribution in [1.29, 1.82) is 0 Å². The number of carbonyl (C=O) groups excluding carboxylic acids is 1. The molecule has 0 spiro atoms. The first-order valence-electron chi connectivity index (χ1n) is 5.88. The molecule has 0 aliphatic carbocycles. The molecule has 0 radical (unpaired) electrons. The zero-order valence-electron chi connectivity index (χ0n) is 10.9. The lowest BCUT2D eigenvalue weighted by Crippen LogP contribution is -1.99. The van der Waals surface area contributed by atoms with Crippen LogP contribution in [0.15, 0.2) is 18.2 Å². The maximum absolute atomic E-state index is 11.3. The molecule has 1 aromatic rings. The summed E-state index contributed by atoms with van der Waals surface area (Å²) in [4.78, 5) is 11.3. The highest BCUT2D eigenvalue weighted by molar-refractivity contribution is 7.99. The number of hydrogen-bond donors (Lipinski definition) is 0. The minimum atomic E-state index is 0.0995. The fourth-order valence-corrected chi connectivity index (χ4v) is 2.39. The Morgan fingerprint density at radius 3 is 2.71 bits per heavy atom. The molecule has 1 rings (SSSR count). The monoisotopic (exact) mass is 252 g/mol. The molecule has 1 unspecified atom stereocenters. The lowest BCUT2D eigenvalue weighted by molar-refractivity contribution is 0.101. The molecular formula is C14H20O2S. The van der Waals surface area contributed by atoms with Gasteiger partial charge in [-0.05, 0) is 31.5 Å². The SMILES string of the molecule is CCC(C)SCc1cc(C(C)=O)ccc1OC. The van der Waals surface area contributed by atoms with E-state index in [-0.39, 0.29) is 5.78 Å². The second-order valence-electron chi connectivity index (χ2n) is 4.11. The molecule has 0 aliphatic heterocycles. The van der Waals surface area contributed by atoms with Crippen LogP contribution >= 0.6 is 11.8 Å². The van der Waals surface area contributed by atoms with Gasteiger partial charge in [0.05, 0.1) is 7.11 Å². The predicted molar refractivity (Wildman–Crippen MR) is 74.0 cm³/mol. The first kappa shape index (κ1) is 14.1. The summed E-state index contributed by atoms with van der Waals surface area (Å²) in [5.41, 5.74) is 1.86. The van der Waals surface area contributed by atoms with E-state index in [9.17, 15) is 4.79 Å². The average molecular weight is 252 g/mol. The van der Waals surface area contributed by atoms with Crippen LogP contribution in [0, 0.1) is 0 Å². The van der Waals surface area contributed by atoms with Crippen molar-refractivity contribution in [2.24, 2.45) is 0 Å². The van der Waals surface area contributed by atoms with Crippen LogP contribution < -0.4 is 4.74 Å². The fraction of sp³-hybridized carbons (Fsp3) is 0.500. The van der Waals surface area contributed by atoms with Crippen molar-refractivity contribution in [3.8, 4) is 5.75 Å². The van der Waals surface area contributed by atoms with Gasteiger partial charge in [0.25, 0.3) is 0 Å². The summed E-state index contributed by atoms with van der Waals surface area (Å²) < 4.78 is 5.32. The number of ketones is 1. The minimum absolute atomic E-state index is 0.0995. The summed E-state index contributed by atoms with van der Waals surface area (Å²) in [6.07, 6.45) is 1.15. The molecule has 0 saturated heterocycles. The van der Waals surface area contributed by atoms with E-state index in [4.69, 9.17) is 4.74 Å². The first-order chi connectivity index (χ1) is 8.08. The molecule has 17 heavy (non-hydrogen) atoms. The van der Waals surface area contributed by atoms with Crippen molar-refractivity contribution in [1.82, 2.24) is 0 Å². The van der Waals surface area contributed by atoms with Crippen molar-refractivity contribution in [2.75, 3.05) is 7.11 Å². The number of benzene rings is 1. The van der Waals surface area contributed by atoms with E-state index in [2.05, 4.69) is 13.8 Å². The molecule has 0 saturated carbocycles. The summed E-state index contributed by atoms with van der Waals surface area (Å²) in [6, 6.07) is 5.64. The average Bonchev–Trinajstić information content (AvgIpc) is 2.35. The summed E-state index contributed by atoms with van der Waals surface area (Å²) in [5.74, 6) is 1.85. The topological polar surface area (TPSA) is 26.3 Å². The summed E-state index contributed by atoms with van der Waals surface area (Å²) >= 11 is 1.89. The highest BCUT2D eigenvalue weighted by Gasteiger charge is 2.08. The Morgan fingerprint density at radius 2 is 2.18 bits per heavy atom. The Balaban J connectivity index is 2.86. The number of rotatable bonds is 6. The van der Waals surface area contributed by atoms with Crippen LogP contribution in [0.3, 0.4) is 0 Å². The number of thioether (sulfide) groups is 1. The molecular weight excluding hydrogens is 232 g/mol. The van der Waals surface area contributed by atoms with Gasteiger partial charge in [0.2, 0.25) is 0 Å². The van der Waals surface area contributed by atoms with Crippen LogP contribution in [-0.4, -0.2) is 18.1 Å². The Morgan fingerprint density at radius 1 is 1.47 bits per heavy atom. The van der Waals surface area contributed by atoms with E-state index in [1.165, 1.54) is 0 Å². The third-order valence-electron chi connectivity index (χ3n) is 2.79. The standard InChI is InChI=1S/C14H20O2S/c1-5-10(2)17-9-13-8-12(11(3)15)6-7-14(13)16-4/h6-8,10H,5,9H2,1-4H3. The van der Waals surface area contributed by atoms with E-state index in [0.29, 0.717) is 5.25 Å². The van der Waals surface area contributed by atoms with Crippen LogP contribution in [0.1, 0.15) is 43.1 Å². The van der Waals surface area contributed by atoms with Crippen LogP contribution in [0.2, 0.25) is 0 Å². The second-order valence-corrected chi connectivity index (χ2v) is 5.54. The van der Waals surface area contributed by atoms with Gasteiger partial charge in [-0.25, -0.2) is 0 Å². The predicted octanol–water partition coefficient (Wildman–Crippen LogP) is 3.93. The van der Waals surface area contributed by atoms with Gasteiger partial charge in [-0.3, -0.25) is 4.79 Å². The zero-order chi connectivity index (χ0) is 12.8. The molecule has 0 heterocycles. The van der Waals surface area contributed by atoms with Gasteiger partial charge in [-0.2, -0.15) is 11.8 Å². The molecule has 0 fully saturated rings. The number of ether oxygens (including phenoxy) is 1. The summed E-state index contributed by atoms with van der Waals surface area (Å²) in [7, 11) is 1.67. The van der Waals surface area contributed by atoms with E-state index >= 15 is 0 Å². The molecule has 94 valence electrons. The largest absolute Gasteiger partial charge is 0.496 e. The van der Waals surface area contributed by atoms with Crippen molar-refractivity contribution < 1.29 is 9.53 Å². The maximum Gasteiger partial charge on any atom is 0.159 e. The normalized spacial score (nSPS) is 12.2. The second kappa shape index (κ2) is 6.70. The number of hydrogen-bond acceptors (Lipinski definition) is 3. The molecule has 1 atom stereocenters. The van der Waals surface area contributed by atoms with E-state index < -0.39 is 0 Å². The Kier molecular flexibility index (Phi) is 5.56. The van der Waals surface area contributed by atoms with Crippen molar-refractivity contribution in [3.05, 3.63) is 29.3 Å². The molecule has 3 heteroatoms. The molecule has 0 aliphatic rings. The molecule has 0 N–H and O–H groups in total. The molecule has 0 amide bonds. The number of carbonyl (C=O) groups is 1. The summed E-state index contributed by atoms with van der Waals surface area (Å²) in [5, 5.41) is 0.626. The third-order valence-corrected chi connectivity index (χ3v) is 4.17. The van der Waals surface area contributed by atoms with Gasteiger partial charge in [0.15, 0.2) is 5.78 Å². The van der Waals surface area contributed by atoms with Crippen molar-refractivity contribution in [3.63, 3.8) is 0 Å². The lowest BCUT2D eigenvalue weighted by atomic mass is 10.1. The lowest BCUT2D eigenvalue weighted by Gasteiger charge is -2.12. The van der Waals surface area contributed by atoms with Gasteiger partial charge in [0, 0.05) is 22.1 Å². The highest BCUT2D eigenvalue weighted by atomic mass is 32.2. The van der Waals surface area contributed by atoms with Gasteiger partial charge in [-0.1, -0.05) is 13.8 Å². The van der Waals surface area contributed by atoms with Gasteiger partial charge in [0.1, 0.15) is 5.75 Å². The van der Waals surface area contributed by atoms with Crippen molar-refractivity contribution in [2.45, 2.75) is 38.2 Å². The molecule has 0 aromatic heterocycles. The van der Waals surface area contributed by atoms with E-state index in [1.54, 1.807) is 14.0 Å². The Labute approximate surface area is 108 Å². The van der Waals surface area contributed by atoms with Crippen molar-refractivity contribution >= 4 is 17.5 Å². The summed E-state index contributed by atoms with van der Waals surface area (Å²) in [6.45, 7) is 5.99. The molecule has 0 bridgehead atoms. The highest BCUT2D eigenvalue weighted by Crippen LogP contribution is 2.27. The first-order valence-corrected chi connectivity index (χ1v) is 6.92. The van der Waals surface area contributed by atoms with Crippen LogP contribution in [-0.2, 0) is 5.75 Å². The quantitative estimate of drug-likeness (QED) is 0.718. The van der Waals surface area contributed by atoms with Crippen LogP contribution in [0.5, 0.6) is 5.75 Å². The molecule has 2 nitrogen and oxygen atoms in total. The Bertz CT molecular complexity index is 388. The maximum atomic E-state index is 11.3. The van der Waals surface area contributed by atoms with Gasteiger partial charge >= 0.3 is 0 Å². The number of methoxy groups -OCH3 is 1. The fourth-order valence-electron chi connectivity index (χ4n) is 1.46.